The fourth-order valence-electron chi connectivity index (χ4n) is 2.61. The van der Waals surface area contributed by atoms with Crippen LogP contribution in [0.2, 0.25) is 0 Å². The molecule has 1 aliphatic carbocycles. The van der Waals surface area contributed by atoms with Crippen molar-refractivity contribution in [2.75, 3.05) is 0 Å². The number of hydrogen-bond acceptors (Lipinski definition) is 3. The molecule has 0 unspecified atom stereocenters. The quantitative estimate of drug-likeness (QED) is 0.912. The van der Waals surface area contributed by atoms with E-state index in [1.54, 1.807) is 12.1 Å². The molecule has 2 rings (SSSR count). The van der Waals surface area contributed by atoms with Gasteiger partial charge in [0.25, 0.3) is 0 Å². The Morgan fingerprint density at radius 3 is 2.28 bits per heavy atom. The third kappa shape index (κ3) is 3.12. The third-order valence-electron chi connectivity index (χ3n) is 3.71. The summed E-state index contributed by atoms with van der Waals surface area (Å²) in [6.45, 7) is -0.101. The van der Waals surface area contributed by atoms with Crippen LogP contribution < -0.4 is 0 Å². The van der Waals surface area contributed by atoms with Gasteiger partial charge in [0, 0.05) is 0 Å². The average molecular weight is 268 g/mol. The van der Waals surface area contributed by atoms with Crippen LogP contribution in [0.1, 0.15) is 43.2 Å². The summed E-state index contributed by atoms with van der Waals surface area (Å²) in [5.74, 6) is 0.0639. The lowest BCUT2D eigenvalue weighted by Gasteiger charge is -2.22. The Morgan fingerprint density at radius 1 is 1.06 bits per heavy atom. The van der Waals surface area contributed by atoms with Crippen LogP contribution in [-0.2, 0) is 22.2 Å². The summed E-state index contributed by atoms with van der Waals surface area (Å²) in [4.78, 5) is 0. The molecule has 0 atom stereocenters. The van der Waals surface area contributed by atoms with Gasteiger partial charge in [-0.15, -0.1) is 0 Å². The highest BCUT2D eigenvalue weighted by atomic mass is 32.2. The Kier molecular flexibility index (Phi) is 4.40. The topological polar surface area (TPSA) is 54.4 Å². The molecule has 100 valence electrons. The predicted molar refractivity (Wildman–Crippen MR) is 71.9 cm³/mol. The van der Waals surface area contributed by atoms with Crippen molar-refractivity contribution in [3.63, 3.8) is 0 Å². The molecule has 1 aliphatic rings. The molecule has 3 nitrogen and oxygen atoms in total. The molecule has 1 fully saturated rings. The summed E-state index contributed by atoms with van der Waals surface area (Å²) < 4.78 is 24.7. The van der Waals surface area contributed by atoms with Crippen molar-refractivity contribution in [2.24, 2.45) is 0 Å². The van der Waals surface area contributed by atoms with Gasteiger partial charge in [-0.3, -0.25) is 0 Å². The van der Waals surface area contributed by atoms with Gasteiger partial charge in [-0.05, 0) is 24.0 Å². The summed E-state index contributed by atoms with van der Waals surface area (Å²) in [7, 11) is -3.08. The standard InChI is InChI=1S/C14H20O3S/c15-10-12-6-4-5-7-13(12)11-18(16,17)14-8-2-1-3-9-14/h4-7,14-15H,1-3,8-11H2. The molecule has 0 bridgehead atoms. The second kappa shape index (κ2) is 5.85. The lowest BCUT2D eigenvalue weighted by molar-refractivity contribution is 0.281. The number of aliphatic hydroxyl groups excluding tert-OH is 1. The number of hydrogen-bond donors (Lipinski definition) is 1. The van der Waals surface area contributed by atoms with Crippen molar-refractivity contribution in [2.45, 2.75) is 49.7 Å². The Labute approximate surface area is 109 Å². The van der Waals surface area contributed by atoms with Gasteiger partial charge in [0.2, 0.25) is 0 Å². The Hall–Kier alpha value is -0.870. The van der Waals surface area contributed by atoms with Crippen molar-refractivity contribution in [1.29, 1.82) is 0 Å². The normalized spacial score (nSPS) is 17.8. The van der Waals surface area contributed by atoms with Crippen molar-refractivity contribution in [3.05, 3.63) is 35.4 Å². The third-order valence-corrected chi connectivity index (χ3v) is 5.91. The maximum Gasteiger partial charge on any atom is 0.157 e. The van der Waals surface area contributed by atoms with Crippen LogP contribution in [0.5, 0.6) is 0 Å². The summed E-state index contributed by atoms with van der Waals surface area (Å²) in [5.41, 5.74) is 1.46. The lowest BCUT2D eigenvalue weighted by atomic mass is 10.0. The number of rotatable bonds is 4. The Bertz CT molecular complexity index is 488. The van der Waals surface area contributed by atoms with E-state index in [9.17, 15) is 13.5 Å². The molecule has 0 amide bonds. The van der Waals surface area contributed by atoms with E-state index in [0.29, 0.717) is 0 Å². The second-order valence-electron chi connectivity index (χ2n) is 4.99. The number of benzene rings is 1. The maximum absolute atomic E-state index is 12.3. The zero-order valence-corrected chi connectivity index (χ0v) is 11.3. The molecule has 1 aromatic carbocycles. The van der Waals surface area contributed by atoms with E-state index >= 15 is 0 Å². The maximum atomic E-state index is 12.3. The van der Waals surface area contributed by atoms with E-state index in [2.05, 4.69) is 0 Å². The smallest absolute Gasteiger partial charge is 0.157 e. The van der Waals surface area contributed by atoms with Gasteiger partial charge in [-0.2, -0.15) is 0 Å². The van der Waals surface area contributed by atoms with E-state index in [1.165, 1.54) is 0 Å². The van der Waals surface area contributed by atoms with Crippen LogP contribution in [0.3, 0.4) is 0 Å². The lowest BCUT2D eigenvalue weighted by Crippen LogP contribution is -2.25. The van der Waals surface area contributed by atoms with Crippen molar-refractivity contribution in [1.82, 2.24) is 0 Å². The van der Waals surface area contributed by atoms with Gasteiger partial charge >= 0.3 is 0 Å². The summed E-state index contributed by atoms with van der Waals surface area (Å²) in [6.07, 6.45) is 4.78. The van der Waals surface area contributed by atoms with Gasteiger partial charge in [-0.1, -0.05) is 43.5 Å². The zero-order chi connectivity index (χ0) is 13.0. The predicted octanol–water partition coefficient (Wildman–Crippen LogP) is 2.43. The van der Waals surface area contributed by atoms with Gasteiger partial charge in [0.1, 0.15) is 0 Å². The summed E-state index contributed by atoms with van der Waals surface area (Å²) in [6, 6.07) is 7.23. The Balaban J connectivity index is 2.16. The van der Waals surface area contributed by atoms with Gasteiger partial charge in [-0.25, -0.2) is 8.42 Å². The van der Waals surface area contributed by atoms with Crippen molar-refractivity contribution >= 4 is 9.84 Å². The molecule has 18 heavy (non-hydrogen) atoms. The van der Waals surface area contributed by atoms with Crippen molar-refractivity contribution in [3.8, 4) is 0 Å². The summed E-state index contributed by atoms with van der Waals surface area (Å²) in [5, 5.41) is 9.05. The van der Waals surface area contributed by atoms with Gasteiger partial charge in [0.15, 0.2) is 9.84 Å². The second-order valence-corrected chi connectivity index (χ2v) is 7.28. The number of sulfone groups is 1. The first-order valence-electron chi connectivity index (χ1n) is 6.52. The van der Waals surface area contributed by atoms with Gasteiger partial charge in [0.05, 0.1) is 17.6 Å². The van der Waals surface area contributed by atoms with Crippen LogP contribution in [0, 0.1) is 0 Å². The van der Waals surface area contributed by atoms with Gasteiger partial charge < -0.3 is 5.11 Å². The van der Waals surface area contributed by atoms with Crippen LogP contribution in [-0.4, -0.2) is 18.8 Å². The molecule has 1 saturated carbocycles. The first kappa shape index (κ1) is 13.6. The Morgan fingerprint density at radius 2 is 1.67 bits per heavy atom. The van der Waals surface area contributed by atoms with E-state index in [0.717, 1.165) is 43.2 Å². The molecule has 0 aliphatic heterocycles. The first-order chi connectivity index (χ1) is 8.63. The first-order valence-corrected chi connectivity index (χ1v) is 8.24. The molecule has 0 spiro atoms. The average Bonchev–Trinajstić information content (AvgIpc) is 2.40. The molecule has 0 heterocycles. The van der Waals surface area contributed by atoms with Crippen LogP contribution in [0.15, 0.2) is 24.3 Å². The summed E-state index contributed by atoms with van der Waals surface area (Å²) >= 11 is 0. The minimum atomic E-state index is -3.08. The zero-order valence-electron chi connectivity index (χ0n) is 10.5. The molecule has 0 aromatic heterocycles. The SMILES string of the molecule is O=S(=O)(Cc1ccccc1CO)C1CCCCC1. The fraction of sp³-hybridized carbons (Fsp3) is 0.571. The van der Waals surface area contributed by atoms with Crippen LogP contribution in [0.4, 0.5) is 0 Å². The van der Waals surface area contributed by atoms with E-state index in [1.807, 2.05) is 12.1 Å². The molecule has 0 saturated heterocycles. The minimum absolute atomic E-state index is 0.0639. The molecule has 4 heteroatoms. The molecule has 0 radical (unpaired) electrons. The minimum Gasteiger partial charge on any atom is -0.392 e. The molecular weight excluding hydrogens is 248 g/mol. The van der Waals surface area contributed by atoms with E-state index in [-0.39, 0.29) is 17.6 Å². The highest BCUT2D eigenvalue weighted by Crippen LogP contribution is 2.26. The van der Waals surface area contributed by atoms with Crippen LogP contribution >= 0.6 is 0 Å². The highest BCUT2D eigenvalue weighted by Gasteiger charge is 2.27. The van der Waals surface area contributed by atoms with E-state index in [4.69, 9.17) is 0 Å². The van der Waals surface area contributed by atoms with E-state index < -0.39 is 9.84 Å². The monoisotopic (exact) mass is 268 g/mol. The van der Waals surface area contributed by atoms with Crippen molar-refractivity contribution < 1.29 is 13.5 Å². The highest BCUT2D eigenvalue weighted by molar-refractivity contribution is 7.91. The molecular formula is C14H20O3S. The number of aliphatic hydroxyl groups is 1. The molecule has 1 N–H and O–H groups in total. The fourth-order valence-corrected chi connectivity index (χ4v) is 4.61. The largest absolute Gasteiger partial charge is 0.392 e. The molecule has 1 aromatic rings. The van der Waals surface area contributed by atoms with Crippen LogP contribution in [0.25, 0.3) is 0 Å².